The highest BCUT2D eigenvalue weighted by Crippen LogP contribution is 2.28. The van der Waals surface area contributed by atoms with Crippen LogP contribution < -0.4 is 5.32 Å². The molecule has 19 heavy (non-hydrogen) atoms. The molecule has 1 N–H and O–H groups in total. The Morgan fingerprint density at radius 2 is 2.11 bits per heavy atom. The minimum atomic E-state index is -0.157. The van der Waals surface area contributed by atoms with E-state index in [0.29, 0.717) is 10.7 Å². The number of thiazole rings is 1. The fraction of sp³-hybridized carbons (Fsp3) is 0.429. The van der Waals surface area contributed by atoms with Gasteiger partial charge in [-0.05, 0) is 31.7 Å². The number of hydrogen-bond donors (Lipinski definition) is 1. The predicted molar refractivity (Wildman–Crippen MR) is 74.7 cm³/mol. The summed E-state index contributed by atoms with van der Waals surface area (Å²) < 4.78 is 4.91. The first kappa shape index (κ1) is 12.4. The number of amides is 1. The molecular formula is C14H16N2O2S. The first-order chi connectivity index (χ1) is 9.33. The SMILES string of the molecule is O=C(Nc1nc2c(s1)CCCCCC2)c1ccoc1. The average Bonchev–Trinajstić information content (AvgIpc) is 3.00. The summed E-state index contributed by atoms with van der Waals surface area (Å²) in [5.74, 6) is -0.157. The van der Waals surface area contributed by atoms with Crippen molar-refractivity contribution in [2.24, 2.45) is 0 Å². The molecule has 0 bridgehead atoms. The molecule has 0 saturated carbocycles. The fourth-order valence-corrected chi connectivity index (χ4v) is 3.37. The number of carbonyl (C=O) groups is 1. The number of nitrogens with one attached hydrogen (secondary N) is 1. The van der Waals surface area contributed by atoms with Crippen molar-refractivity contribution in [3.63, 3.8) is 0 Å². The lowest BCUT2D eigenvalue weighted by Crippen LogP contribution is -2.10. The first-order valence-corrected chi connectivity index (χ1v) is 7.47. The molecule has 0 spiro atoms. The smallest absolute Gasteiger partial charge is 0.260 e. The van der Waals surface area contributed by atoms with Gasteiger partial charge in [0.25, 0.3) is 5.91 Å². The van der Waals surface area contributed by atoms with Gasteiger partial charge in [-0.3, -0.25) is 10.1 Å². The number of aromatic nitrogens is 1. The van der Waals surface area contributed by atoms with Gasteiger partial charge < -0.3 is 4.42 Å². The molecule has 1 amide bonds. The van der Waals surface area contributed by atoms with Crippen LogP contribution in [0.2, 0.25) is 0 Å². The van der Waals surface area contributed by atoms with Crippen LogP contribution in [0.15, 0.2) is 23.0 Å². The van der Waals surface area contributed by atoms with E-state index < -0.39 is 0 Å². The van der Waals surface area contributed by atoms with Crippen LogP contribution in [0.5, 0.6) is 0 Å². The lowest BCUT2D eigenvalue weighted by atomic mass is 10.0. The first-order valence-electron chi connectivity index (χ1n) is 6.65. The normalized spacial score (nSPS) is 15.4. The van der Waals surface area contributed by atoms with Crippen molar-refractivity contribution in [3.05, 3.63) is 34.7 Å². The van der Waals surface area contributed by atoms with Crippen molar-refractivity contribution in [2.75, 3.05) is 5.32 Å². The number of hydrogen-bond acceptors (Lipinski definition) is 4. The van der Waals surface area contributed by atoms with Crippen LogP contribution in [0.3, 0.4) is 0 Å². The number of aryl methyl sites for hydroxylation is 2. The molecule has 0 saturated heterocycles. The Labute approximate surface area is 115 Å². The van der Waals surface area contributed by atoms with Crippen molar-refractivity contribution in [1.82, 2.24) is 4.98 Å². The van der Waals surface area contributed by atoms with E-state index in [-0.39, 0.29) is 5.91 Å². The Balaban J connectivity index is 1.75. The molecule has 5 heteroatoms. The van der Waals surface area contributed by atoms with Gasteiger partial charge in [0.15, 0.2) is 5.13 Å². The fourth-order valence-electron chi connectivity index (χ4n) is 2.32. The maximum absolute atomic E-state index is 11.9. The molecule has 2 heterocycles. The van der Waals surface area contributed by atoms with Crippen molar-refractivity contribution in [3.8, 4) is 0 Å². The van der Waals surface area contributed by atoms with Crippen LogP contribution in [-0.2, 0) is 12.8 Å². The maximum Gasteiger partial charge on any atom is 0.260 e. The zero-order chi connectivity index (χ0) is 13.1. The Bertz CT molecular complexity index is 535. The second kappa shape index (κ2) is 5.57. The van der Waals surface area contributed by atoms with Crippen LogP contribution in [-0.4, -0.2) is 10.9 Å². The second-order valence-electron chi connectivity index (χ2n) is 4.77. The summed E-state index contributed by atoms with van der Waals surface area (Å²) in [6, 6.07) is 1.65. The van der Waals surface area contributed by atoms with Crippen molar-refractivity contribution in [2.45, 2.75) is 38.5 Å². The van der Waals surface area contributed by atoms with Gasteiger partial charge in [0.2, 0.25) is 0 Å². The van der Waals surface area contributed by atoms with Crippen LogP contribution in [0.4, 0.5) is 5.13 Å². The molecule has 0 aliphatic heterocycles. The van der Waals surface area contributed by atoms with Crippen LogP contribution in [0, 0.1) is 0 Å². The molecule has 0 radical (unpaired) electrons. The molecule has 1 aliphatic rings. The summed E-state index contributed by atoms with van der Waals surface area (Å²) in [5, 5.41) is 3.56. The van der Waals surface area contributed by atoms with Gasteiger partial charge in [-0.15, -0.1) is 11.3 Å². The van der Waals surface area contributed by atoms with Crippen molar-refractivity contribution < 1.29 is 9.21 Å². The number of carbonyl (C=O) groups excluding carboxylic acids is 1. The summed E-state index contributed by atoms with van der Waals surface area (Å²) in [7, 11) is 0. The highest BCUT2D eigenvalue weighted by molar-refractivity contribution is 7.15. The quantitative estimate of drug-likeness (QED) is 0.911. The van der Waals surface area contributed by atoms with Crippen molar-refractivity contribution >= 4 is 22.4 Å². The van der Waals surface area contributed by atoms with E-state index in [9.17, 15) is 4.79 Å². The summed E-state index contributed by atoms with van der Waals surface area (Å²) in [6.45, 7) is 0. The Hall–Kier alpha value is -1.62. The Morgan fingerprint density at radius 3 is 2.89 bits per heavy atom. The predicted octanol–water partition coefficient (Wildman–Crippen LogP) is 3.65. The third kappa shape index (κ3) is 2.87. The van der Waals surface area contributed by atoms with Gasteiger partial charge in [-0.1, -0.05) is 12.8 Å². The Kier molecular flexibility index (Phi) is 3.64. The zero-order valence-electron chi connectivity index (χ0n) is 10.6. The second-order valence-corrected chi connectivity index (χ2v) is 5.85. The molecule has 1 aliphatic carbocycles. The number of fused-ring (bicyclic) bond motifs is 1. The van der Waals surface area contributed by atoms with E-state index in [0.717, 1.165) is 12.8 Å². The summed E-state index contributed by atoms with van der Waals surface area (Å²) in [6.07, 6.45) is 10.1. The number of nitrogens with zero attached hydrogens (tertiary/aromatic N) is 1. The van der Waals surface area contributed by atoms with Gasteiger partial charge in [0.1, 0.15) is 6.26 Å². The molecule has 0 aromatic carbocycles. The van der Waals surface area contributed by atoms with E-state index in [1.165, 1.54) is 48.8 Å². The zero-order valence-corrected chi connectivity index (χ0v) is 11.5. The lowest BCUT2D eigenvalue weighted by Gasteiger charge is -2.06. The number of rotatable bonds is 2. The molecular weight excluding hydrogens is 260 g/mol. The molecule has 2 aromatic heterocycles. The Morgan fingerprint density at radius 1 is 1.26 bits per heavy atom. The molecule has 0 atom stereocenters. The highest BCUT2D eigenvalue weighted by atomic mass is 32.1. The molecule has 2 aromatic rings. The van der Waals surface area contributed by atoms with E-state index in [1.54, 1.807) is 17.4 Å². The largest absolute Gasteiger partial charge is 0.472 e. The standard InChI is InChI=1S/C14H16N2O2S/c17-13(10-7-8-18-9-10)16-14-15-11-5-3-1-2-4-6-12(11)19-14/h7-9H,1-6H2,(H,15,16,17). The molecule has 3 rings (SSSR count). The van der Waals surface area contributed by atoms with E-state index >= 15 is 0 Å². The van der Waals surface area contributed by atoms with Crippen molar-refractivity contribution in [1.29, 1.82) is 0 Å². The lowest BCUT2D eigenvalue weighted by molar-refractivity contribution is 0.102. The van der Waals surface area contributed by atoms with Gasteiger partial charge in [0, 0.05) is 4.88 Å². The number of anilines is 1. The van der Waals surface area contributed by atoms with E-state index in [2.05, 4.69) is 10.3 Å². The topological polar surface area (TPSA) is 55.1 Å². The van der Waals surface area contributed by atoms with E-state index in [4.69, 9.17) is 4.42 Å². The molecule has 4 nitrogen and oxygen atoms in total. The third-order valence-corrected chi connectivity index (χ3v) is 4.42. The summed E-state index contributed by atoms with van der Waals surface area (Å²) in [5.41, 5.74) is 1.70. The minimum absolute atomic E-state index is 0.157. The number of furan rings is 1. The summed E-state index contributed by atoms with van der Waals surface area (Å²) >= 11 is 1.61. The monoisotopic (exact) mass is 276 g/mol. The highest BCUT2D eigenvalue weighted by Gasteiger charge is 2.15. The van der Waals surface area contributed by atoms with Gasteiger partial charge in [0.05, 0.1) is 17.5 Å². The van der Waals surface area contributed by atoms with Gasteiger partial charge in [-0.2, -0.15) is 0 Å². The third-order valence-electron chi connectivity index (χ3n) is 3.35. The van der Waals surface area contributed by atoms with E-state index in [1.807, 2.05) is 0 Å². The molecule has 0 fully saturated rings. The minimum Gasteiger partial charge on any atom is -0.472 e. The molecule has 100 valence electrons. The van der Waals surface area contributed by atoms with Crippen LogP contribution in [0.1, 0.15) is 46.6 Å². The van der Waals surface area contributed by atoms with Crippen LogP contribution in [0.25, 0.3) is 0 Å². The molecule has 0 unspecified atom stereocenters. The maximum atomic E-state index is 11.9. The van der Waals surface area contributed by atoms with Crippen LogP contribution >= 0.6 is 11.3 Å². The average molecular weight is 276 g/mol. The van der Waals surface area contributed by atoms with Gasteiger partial charge >= 0.3 is 0 Å². The summed E-state index contributed by atoms with van der Waals surface area (Å²) in [4.78, 5) is 17.8. The van der Waals surface area contributed by atoms with Gasteiger partial charge in [-0.25, -0.2) is 4.98 Å².